The zero-order valence-electron chi connectivity index (χ0n) is 13.9. The first-order valence-electron chi connectivity index (χ1n) is 7.55. The first kappa shape index (κ1) is 23.3. The maximum atomic E-state index is 12.9. The number of nitrogens with one attached hydrogen (secondary N) is 2. The van der Waals surface area contributed by atoms with Gasteiger partial charge in [-0.3, -0.25) is 14.9 Å². The van der Waals surface area contributed by atoms with Crippen molar-refractivity contribution >= 4 is 63.7 Å². The number of alkyl halides is 6. The summed E-state index contributed by atoms with van der Waals surface area (Å²) in [6.45, 7) is 0. The molecule has 0 saturated carbocycles. The first-order valence-corrected chi connectivity index (χ1v) is 9.06. The van der Waals surface area contributed by atoms with E-state index in [9.17, 15) is 28.1 Å². The Morgan fingerprint density at radius 1 is 1.10 bits per heavy atom. The molecule has 0 heterocycles. The van der Waals surface area contributed by atoms with Crippen molar-refractivity contribution in [3.05, 3.63) is 68.7 Å². The lowest BCUT2D eigenvalue weighted by Gasteiger charge is -2.28. The van der Waals surface area contributed by atoms with E-state index in [0.717, 1.165) is 18.2 Å². The number of hydrogen-bond donors (Lipinski definition) is 2. The zero-order chi connectivity index (χ0) is 22.0. The Bertz CT molecular complexity index is 936. The predicted molar refractivity (Wildman–Crippen MR) is 105 cm³/mol. The third kappa shape index (κ3) is 6.02. The Kier molecular flexibility index (Phi) is 7.10. The lowest BCUT2D eigenvalue weighted by Crippen LogP contribution is -2.49. The first-order chi connectivity index (χ1) is 13.3. The molecule has 0 bridgehead atoms. The number of para-hydroxylation sites is 1. The molecule has 0 aromatic heterocycles. The highest BCUT2D eigenvalue weighted by molar-refractivity contribution is 6.68. The maximum absolute atomic E-state index is 12.9. The number of carbonyl (C=O) groups is 1. The van der Waals surface area contributed by atoms with Gasteiger partial charge in [0.1, 0.15) is 11.7 Å². The van der Waals surface area contributed by atoms with Crippen LogP contribution in [0.15, 0.2) is 42.5 Å². The number of rotatable bonds is 5. The molecule has 0 unspecified atom stereocenters. The van der Waals surface area contributed by atoms with Gasteiger partial charge in [0.05, 0.1) is 21.2 Å². The summed E-state index contributed by atoms with van der Waals surface area (Å²) < 4.78 is 36.6. The number of hydrogen-bond acceptors (Lipinski definition) is 4. The quantitative estimate of drug-likeness (QED) is 0.240. The third-order valence-electron chi connectivity index (χ3n) is 3.54. The van der Waals surface area contributed by atoms with E-state index in [4.69, 9.17) is 46.4 Å². The molecule has 156 valence electrons. The van der Waals surface area contributed by atoms with Crippen molar-refractivity contribution in [2.24, 2.45) is 0 Å². The number of nitrogens with zero attached hydrogens (tertiary/aromatic N) is 1. The van der Waals surface area contributed by atoms with Crippen LogP contribution in [0.2, 0.25) is 5.02 Å². The standard InChI is InChI=1S/C16H10Cl4F3N3O3/c17-10-6-5-8(16(21,22)23)7-11(10)24-14(15(18,19)20)25-13(27)9-3-1-2-4-12(9)26(28)29/h1-7,14,24H,(H,25,27)/t14-/m1/s1. The van der Waals surface area contributed by atoms with Gasteiger partial charge in [-0.15, -0.1) is 0 Å². The van der Waals surface area contributed by atoms with Gasteiger partial charge in [-0.1, -0.05) is 58.5 Å². The average Bonchev–Trinajstić information content (AvgIpc) is 2.60. The lowest BCUT2D eigenvalue weighted by atomic mass is 10.1. The minimum absolute atomic E-state index is 0.141. The summed E-state index contributed by atoms with van der Waals surface area (Å²) in [7, 11) is 0. The van der Waals surface area contributed by atoms with E-state index in [-0.39, 0.29) is 16.3 Å². The third-order valence-corrected chi connectivity index (χ3v) is 4.53. The van der Waals surface area contributed by atoms with Gasteiger partial charge in [-0.25, -0.2) is 0 Å². The summed E-state index contributed by atoms with van der Waals surface area (Å²) in [4.78, 5) is 22.8. The number of amides is 1. The minimum Gasteiger partial charge on any atom is -0.361 e. The van der Waals surface area contributed by atoms with Gasteiger partial charge in [-0.05, 0) is 24.3 Å². The lowest BCUT2D eigenvalue weighted by molar-refractivity contribution is -0.385. The van der Waals surface area contributed by atoms with Crippen molar-refractivity contribution in [2.75, 3.05) is 5.32 Å². The second kappa shape index (κ2) is 8.83. The Labute approximate surface area is 182 Å². The van der Waals surface area contributed by atoms with Crippen LogP contribution in [0, 0.1) is 10.1 Å². The number of carbonyl (C=O) groups excluding carboxylic acids is 1. The van der Waals surface area contributed by atoms with E-state index in [0.29, 0.717) is 6.07 Å². The van der Waals surface area contributed by atoms with Crippen molar-refractivity contribution in [1.29, 1.82) is 0 Å². The van der Waals surface area contributed by atoms with Crippen molar-refractivity contribution in [3.63, 3.8) is 0 Å². The molecule has 2 aromatic carbocycles. The topological polar surface area (TPSA) is 84.3 Å². The summed E-state index contributed by atoms with van der Waals surface area (Å²) in [5, 5.41) is 15.6. The highest BCUT2D eigenvalue weighted by Gasteiger charge is 2.37. The van der Waals surface area contributed by atoms with Crippen LogP contribution in [0.1, 0.15) is 15.9 Å². The number of halogens is 7. The van der Waals surface area contributed by atoms with Gasteiger partial charge < -0.3 is 10.6 Å². The Hall–Kier alpha value is -1.94. The number of nitro groups is 1. The van der Waals surface area contributed by atoms with Gasteiger partial charge in [0.15, 0.2) is 0 Å². The smallest absolute Gasteiger partial charge is 0.361 e. The monoisotopic (exact) mass is 489 g/mol. The van der Waals surface area contributed by atoms with Gasteiger partial charge in [0.2, 0.25) is 3.79 Å². The van der Waals surface area contributed by atoms with Crippen LogP contribution in [-0.2, 0) is 6.18 Å². The molecule has 0 fully saturated rings. The van der Waals surface area contributed by atoms with Crippen LogP contribution < -0.4 is 10.6 Å². The van der Waals surface area contributed by atoms with E-state index in [1.807, 2.05) is 0 Å². The van der Waals surface area contributed by atoms with Gasteiger partial charge in [0, 0.05) is 6.07 Å². The Morgan fingerprint density at radius 2 is 1.72 bits per heavy atom. The molecular formula is C16H10Cl4F3N3O3. The number of benzene rings is 2. The highest BCUT2D eigenvalue weighted by atomic mass is 35.6. The molecule has 1 amide bonds. The SMILES string of the molecule is O=C(N[C@@H](Nc1cc(C(F)(F)F)ccc1Cl)C(Cl)(Cl)Cl)c1ccccc1[N+](=O)[O-]. The molecule has 0 aliphatic rings. The fourth-order valence-corrected chi connectivity index (χ4v) is 2.70. The van der Waals surface area contributed by atoms with Crippen LogP contribution in [0.3, 0.4) is 0 Å². The highest BCUT2D eigenvalue weighted by Crippen LogP contribution is 2.36. The van der Waals surface area contributed by atoms with E-state index >= 15 is 0 Å². The number of nitro benzene ring substituents is 1. The molecule has 0 spiro atoms. The second-order valence-corrected chi connectivity index (χ2v) is 8.34. The van der Waals surface area contributed by atoms with Crippen LogP contribution in [0.5, 0.6) is 0 Å². The molecule has 6 nitrogen and oxygen atoms in total. The molecule has 2 N–H and O–H groups in total. The fourth-order valence-electron chi connectivity index (χ4n) is 2.20. The van der Waals surface area contributed by atoms with Crippen molar-refractivity contribution < 1.29 is 22.9 Å². The van der Waals surface area contributed by atoms with E-state index in [1.54, 1.807) is 0 Å². The normalized spacial score (nSPS) is 12.9. The molecule has 0 aliphatic heterocycles. The summed E-state index contributed by atoms with van der Waals surface area (Å²) in [6, 6.07) is 7.39. The summed E-state index contributed by atoms with van der Waals surface area (Å²) >= 11 is 23.4. The van der Waals surface area contributed by atoms with Crippen molar-refractivity contribution in [2.45, 2.75) is 16.1 Å². The molecule has 0 aliphatic carbocycles. The second-order valence-electron chi connectivity index (χ2n) is 5.56. The van der Waals surface area contributed by atoms with E-state index < -0.39 is 38.2 Å². The van der Waals surface area contributed by atoms with E-state index in [2.05, 4.69) is 10.6 Å². The Balaban J connectivity index is 2.35. The molecule has 13 heteroatoms. The predicted octanol–water partition coefficient (Wildman–Crippen LogP) is 5.81. The van der Waals surface area contributed by atoms with Crippen molar-refractivity contribution in [1.82, 2.24) is 5.32 Å². The molecule has 0 radical (unpaired) electrons. The van der Waals surface area contributed by atoms with Crippen LogP contribution >= 0.6 is 46.4 Å². The number of anilines is 1. The molecular weight excluding hydrogens is 481 g/mol. The van der Waals surface area contributed by atoms with Crippen LogP contribution in [0.25, 0.3) is 0 Å². The summed E-state index contributed by atoms with van der Waals surface area (Å²) in [5.74, 6) is -0.996. The summed E-state index contributed by atoms with van der Waals surface area (Å²) in [5.41, 5.74) is -2.16. The van der Waals surface area contributed by atoms with Crippen LogP contribution in [0.4, 0.5) is 24.5 Å². The summed E-state index contributed by atoms with van der Waals surface area (Å²) in [6.07, 6.45) is -6.24. The van der Waals surface area contributed by atoms with Crippen molar-refractivity contribution in [3.8, 4) is 0 Å². The molecule has 2 rings (SSSR count). The molecule has 29 heavy (non-hydrogen) atoms. The maximum Gasteiger partial charge on any atom is 0.416 e. The van der Waals surface area contributed by atoms with E-state index in [1.165, 1.54) is 18.2 Å². The van der Waals surface area contributed by atoms with Gasteiger partial charge in [-0.2, -0.15) is 13.2 Å². The largest absolute Gasteiger partial charge is 0.416 e. The molecule has 0 saturated heterocycles. The molecule has 2 aromatic rings. The Morgan fingerprint density at radius 3 is 2.28 bits per heavy atom. The minimum atomic E-state index is -4.66. The fraction of sp³-hybridized carbons (Fsp3) is 0.188. The van der Waals surface area contributed by atoms with Crippen LogP contribution in [-0.4, -0.2) is 20.8 Å². The molecule has 1 atom stereocenters. The zero-order valence-corrected chi connectivity index (χ0v) is 17.0. The van der Waals surface area contributed by atoms with Gasteiger partial charge in [0.25, 0.3) is 11.6 Å². The van der Waals surface area contributed by atoms with Gasteiger partial charge >= 0.3 is 6.18 Å². The average molecular weight is 491 g/mol.